The SMILES string of the molecule is CC(=O)c1ccc(/C=C/c2ccc(C(=O)C(C)C)cc2)cc1. The molecule has 0 atom stereocenters. The van der Waals surface area contributed by atoms with E-state index >= 15 is 0 Å². The molecule has 0 spiro atoms. The summed E-state index contributed by atoms with van der Waals surface area (Å²) in [5.74, 6) is 0.248. The van der Waals surface area contributed by atoms with Crippen molar-refractivity contribution in [3.63, 3.8) is 0 Å². The second-order valence-corrected chi connectivity index (χ2v) is 5.65. The van der Waals surface area contributed by atoms with Gasteiger partial charge in [0.2, 0.25) is 0 Å². The average molecular weight is 292 g/mol. The summed E-state index contributed by atoms with van der Waals surface area (Å²) >= 11 is 0. The lowest BCUT2D eigenvalue weighted by Gasteiger charge is -2.04. The number of hydrogen-bond donors (Lipinski definition) is 0. The molecule has 0 saturated carbocycles. The minimum absolute atomic E-state index is 0.0150. The van der Waals surface area contributed by atoms with E-state index in [0.717, 1.165) is 16.7 Å². The third-order valence-corrected chi connectivity index (χ3v) is 3.51. The largest absolute Gasteiger partial charge is 0.295 e. The Hall–Kier alpha value is -2.48. The third kappa shape index (κ3) is 4.01. The first-order valence-corrected chi connectivity index (χ1v) is 7.41. The highest BCUT2D eigenvalue weighted by atomic mass is 16.1. The summed E-state index contributed by atoms with van der Waals surface area (Å²) in [5, 5.41) is 0. The monoisotopic (exact) mass is 292 g/mol. The first kappa shape index (κ1) is 15.9. The Bertz CT molecular complexity index is 689. The molecule has 0 aliphatic rings. The van der Waals surface area contributed by atoms with E-state index in [0.29, 0.717) is 5.56 Å². The molecule has 0 saturated heterocycles. The summed E-state index contributed by atoms with van der Waals surface area (Å²) in [7, 11) is 0. The number of rotatable bonds is 5. The molecule has 0 unspecified atom stereocenters. The van der Waals surface area contributed by atoms with Crippen molar-refractivity contribution in [2.75, 3.05) is 0 Å². The zero-order valence-corrected chi connectivity index (χ0v) is 13.2. The van der Waals surface area contributed by atoms with E-state index < -0.39 is 0 Å². The van der Waals surface area contributed by atoms with Crippen LogP contribution in [0.2, 0.25) is 0 Å². The lowest BCUT2D eigenvalue weighted by Crippen LogP contribution is -2.06. The van der Waals surface area contributed by atoms with Gasteiger partial charge in [0.25, 0.3) is 0 Å². The summed E-state index contributed by atoms with van der Waals surface area (Å²) in [5.41, 5.74) is 3.54. The lowest BCUT2D eigenvalue weighted by atomic mass is 10.00. The van der Waals surface area contributed by atoms with Crippen molar-refractivity contribution in [2.24, 2.45) is 5.92 Å². The molecule has 0 radical (unpaired) electrons. The minimum Gasteiger partial charge on any atom is -0.295 e. The Labute approximate surface area is 131 Å². The molecule has 0 N–H and O–H groups in total. The van der Waals surface area contributed by atoms with Crippen LogP contribution in [0.5, 0.6) is 0 Å². The number of carbonyl (C=O) groups excluding carboxylic acids is 2. The van der Waals surface area contributed by atoms with Crippen LogP contribution in [0.4, 0.5) is 0 Å². The molecule has 2 heteroatoms. The molecule has 0 aliphatic carbocycles. The normalized spacial score (nSPS) is 11.1. The van der Waals surface area contributed by atoms with Gasteiger partial charge in [-0.15, -0.1) is 0 Å². The van der Waals surface area contributed by atoms with Gasteiger partial charge in [0.1, 0.15) is 0 Å². The van der Waals surface area contributed by atoms with Crippen LogP contribution >= 0.6 is 0 Å². The van der Waals surface area contributed by atoms with E-state index in [1.54, 1.807) is 6.92 Å². The van der Waals surface area contributed by atoms with Crippen molar-refractivity contribution in [1.82, 2.24) is 0 Å². The molecule has 0 bridgehead atoms. The predicted molar refractivity (Wildman–Crippen MR) is 91.0 cm³/mol. The summed E-state index contributed by atoms with van der Waals surface area (Å²) in [4.78, 5) is 23.1. The smallest absolute Gasteiger partial charge is 0.165 e. The van der Waals surface area contributed by atoms with Crippen molar-refractivity contribution >= 4 is 23.7 Å². The van der Waals surface area contributed by atoms with E-state index in [1.165, 1.54) is 0 Å². The molecule has 2 rings (SSSR count). The molecule has 2 nitrogen and oxygen atoms in total. The zero-order valence-electron chi connectivity index (χ0n) is 13.2. The number of benzene rings is 2. The van der Waals surface area contributed by atoms with E-state index in [9.17, 15) is 9.59 Å². The molecule has 0 aliphatic heterocycles. The maximum atomic E-state index is 11.9. The summed E-state index contributed by atoms with van der Waals surface area (Å²) in [6.07, 6.45) is 3.98. The van der Waals surface area contributed by atoms with Crippen LogP contribution in [0.1, 0.15) is 52.6 Å². The van der Waals surface area contributed by atoms with Crippen molar-refractivity contribution in [2.45, 2.75) is 20.8 Å². The number of carbonyl (C=O) groups is 2. The van der Waals surface area contributed by atoms with Crippen LogP contribution in [0.25, 0.3) is 12.2 Å². The topological polar surface area (TPSA) is 34.1 Å². The summed E-state index contributed by atoms with van der Waals surface area (Å²) in [6.45, 7) is 5.37. The molecule has 0 amide bonds. The number of ketones is 2. The molecule has 0 aromatic heterocycles. The first-order valence-electron chi connectivity index (χ1n) is 7.41. The van der Waals surface area contributed by atoms with Crippen LogP contribution in [0, 0.1) is 5.92 Å². The summed E-state index contributed by atoms with van der Waals surface area (Å²) in [6, 6.07) is 15.1. The Morgan fingerprint density at radius 2 is 1.18 bits per heavy atom. The second kappa shape index (κ2) is 6.99. The fraction of sp³-hybridized carbons (Fsp3) is 0.200. The Morgan fingerprint density at radius 1 is 0.773 bits per heavy atom. The van der Waals surface area contributed by atoms with Gasteiger partial charge in [-0.2, -0.15) is 0 Å². The van der Waals surface area contributed by atoms with E-state index in [4.69, 9.17) is 0 Å². The van der Waals surface area contributed by atoms with Crippen LogP contribution < -0.4 is 0 Å². The van der Waals surface area contributed by atoms with Gasteiger partial charge in [0.15, 0.2) is 11.6 Å². The van der Waals surface area contributed by atoms with Crippen molar-refractivity contribution in [3.8, 4) is 0 Å². The van der Waals surface area contributed by atoms with Crippen LogP contribution in [-0.4, -0.2) is 11.6 Å². The van der Waals surface area contributed by atoms with E-state index in [-0.39, 0.29) is 17.5 Å². The molecular formula is C20H20O2. The van der Waals surface area contributed by atoms with Crippen molar-refractivity contribution < 1.29 is 9.59 Å². The highest BCUT2D eigenvalue weighted by Crippen LogP contribution is 2.13. The van der Waals surface area contributed by atoms with Gasteiger partial charge in [-0.1, -0.05) is 74.5 Å². The van der Waals surface area contributed by atoms with Gasteiger partial charge >= 0.3 is 0 Å². The summed E-state index contributed by atoms with van der Waals surface area (Å²) < 4.78 is 0. The maximum absolute atomic E-state index is 11.9. The van der Waals surface area contributed by atoms with Crippen LogP contribution in [-0.2, 0) is 0 Å². The molecule has 22 heavy (non-hydrogen) atoms. The maximum Gasteiger partial charge on any atom is 0.165 e. The molecule has 0 heterocycles. The first-order chi connectivity index (χ1) is 10.5. The Morgan fingerprint density at radius 3 is 1.55 bits per heavy atom. The molecule has 0 fully saturated rings. The average Bonchev–Trinajstić information content (AvgIpc) is 2.53. The third-order valence-electron chi connectivity index (χ3n) is 3.51. The van der Waals surface area contributed by atoms with Crippen molar-refractivity contribution in [1.29, 1.82) is 0 Å². The number of hydrogen-bond acceptors (Lipinski definition) is 2. The van der Waals surface area contributed by atoms with Gasteiger partial charge in [0.05, 0.1) is 0 Å². The van der Waals surface area contributed by atoms with E-state index in [1.807, 2.05) is 74.5 Å². The zero-order chi connectivity index (χ0) is 16.1. The van der Waals surface area contributed by atoms with Crippen molar-refractivity contribution in [3.05, 3.63) is 70.8 Å². The van der Waals surface area contributed by atoms with Crippen LogP contribution in [0.15, 0.2) is 48.5 Å². The lowest BCUT2D eigenvalue weighted by molar-refractivity contribution is 0.0938. The van der Waals surface area contributed by atoms with Gasteiger partial charge in [-0.25, -0.2) is 0 Å². The second-order valence-electron chi connectivity index (χ2n) is 5.65. The highest BCUT2D eigenvalue weighted by molar-refractivity contribution is 5.97. The van der Waals surface area contributed by atoms with Gasteiger partial charge in [-0.05, 0) is 18.1 Å². The van der Waals surface area contributed by atoms with E-state index in [2.05, 4.69) is 0 Å². The fourth-order valence-electron chi connectivity index (χ4n) is 2.11. The predicted octanol–water partition coefficient (Wildman–Crippen LogP) is 4.90. The minimum atomic E-state index is 0.0150. The Balaban J connectivity index is 2.10. The highest BCUT2D eigenvalue weighted by Gasteiger charge is 2.09. The van der Waals surface area contributed by atoms with Gasteiger partial charge < -0.3 is 0 Å². The molecule has 2 aromatic rings. The number of Topliss-reactive ketones (excluding diaryl/α,β-unsaturated/α-hetero) is 2. The van der Waals surface area contributed by atoms with Crippen LogP contribution in [0.3, 0.4) is 0 Å². The fourth-order valence-corrected chi connectivity index (χ4v) is 2.11. The van der Waals surface area contributed by atoms with Gasteiger partial charge in [-0.3, -0.25) is 9.59 Å². The molecule has 2 aromatic carbocycles. The Kier molecular flexibility index (Phi) is 5.05. The molecular weight excluding hydrogens is 272 g/mol. The molecule has 112 valence electrons. The van der Waals surface area contributed by atoms with Gasteiger partial charge in [0, 0.05) is 17.0 Å². The quantitative estimate of drug-likeness (QED) is 0.580. The standard InChI is InChI=1S/C20H20O2/c1-14(2)20(22)19-12-8-17(9-13-19)5-4-16-6-10-18(11-7-16)15(3)21/h4-14H,1-3H3/b5-4+.